The van der Waals surface area contributed by atoms with Crippen molar-refractivity contribution in [1.82, 2.24) is 15.6 Å². The number of rotatable bonds is 11. The third-order valence-corrected chi connectivity index (χ3v) is 8.89. The molecule has 1 aliphatic heterocycles. The average Bonchev–Trinajstić information content (AvgIpc) is 3.06. The number of aryl methyl sites for hydroxylation is 1. The van der Waals surface area contributed by atoms with Gasteiger partial charge in [-0.25, -0.2) is 4.39 Å². The summed E-state index contributed by atoms with van der Waals surface area (Å²) in [6, 6.07) is 11.4. The largest absolute Gasteiger partial charge is 0.496 e. The Bertz CT molecular complexity index is 1530. The molecule has 1 aliphatic carbocycles. The number of anilines is 1. The Labute approximate surface area is 269 Å². The number of ether oxygens (including phenoxy) is 4. The molecule has 0 bridgehead atoms. The zero-order chi connectivity index (χ0) is 32.6. The maximum Gasteiger partial charge on any atom is 0.313 e. The van der Waals surface area contributed by atoms with Gasteiger partial charge in [-0.15, -0.1) is 0 Å². The first-order valence-electron chi connectivity index (χ1n) is 15.8. The van der Waals surface area contributed by atoms with Gasteiger partial charge in [0.2, 0.25) is 0 Å². The lowest BCUT2D eigenvalue weighted by Crippen LogP contribution is -2.43. The number of halogens is 1. The topological polar surface area (TPSA) is 120 Å². The Kier molecular flexibility index (Phi) is 11.2. The van der Waals surface area contributed by atoms with Crippen LogP contribution in [0.15, 0.2) is 48.7 Å². The number of hydrogen-bond acceptors (Lipinski definition) is 8. The summed E-state index contributed by atoms with van der Waals surface area (Å²) >= 11 is 0. The summed E-state index contributed by atoms with van der Waals surface area (Å²) in [6.07, 6.45) is 4.48. The molecule has 10 nitrogen and oxygen atoms in total. The molecule has 1 saturated heterocycles. The van der Waals surface area contributed by atoms with Crippen LogP contribution in [0.2, 0.25) is 0 Å². The number of nitrogens with zero attached hydrogens (tertiary/aromatic N) is 1. The lowest BCUT2D eigenvalue weighted by molar-refractivity contribution is -0.136. The lowest BCUT2D eigenvalue weighted by Gasteiger charge is -2.38. The van der Waals surface area contributed by atoms with E-state index in [2.05, 4.69) is 27.9 Å². The van der Waals surface area contributed by atoms with Gasteiger partial charge in [0.1, 0.15) is 11.5 Å². The van der Waals surface area contributed by atoms with E-state index in [1.54, 1.807) is 26.5 Å². The fourth-order valence-corrected chi connectivity index (χ4v) is 6.28. The molecule has 246 valence electrons. The van der Waals surface area contributed by atoms with Crippen LogP contribution < -0.4 is 25.4 Å². The molecule has 2 aromatic carbocycles. The van der Waals surface area contributed by atoms with E-state index in [1.165, 1.54) is 12.1 Å². The molecular formula is C35H43FN4O6. The van der Waals surface area contributed by atoms with Crippen molar-refractivity contribution in [2.24, 2.45) is 5.92 Å². The Morgan fingerprint density at radius 3 is 2.59 bits per heavy atom. The molecule has 2 amide bonds. The van der Waals surface area contributed by atoms with E-state index in [1.807, 2.05) is 25.1 Å². The molecule has 3 atom stereocenters. The summed E-state index contributed by atoms with van der Waals surface area (Å²) in [5, 5.41) is 8.44. The fraction of sp³-hybridized carbons (Fsp3) is 0.457. The van der Waals surface area contributed by atoms with Gasteiger partial charge in [-0.1, -0.05) is 19.1 Å². The standard InChI is InChI=1S/C35H43FN4O6/c1-21-6-5-7-28(43-3)25(21)12-16-39-34(41)35(42)40-24-8-9-30(27(36)18-24)46-29-13-17-38-32-22(2)33(31(44-4)19-26(29)32)45-20-23-10-14-37-15-11-23/h5-9,13,17-18,22-23,31,33,37H,10-12,14-16,19-20H2,1-4H3,(H,39,41)(H,40,42). The number of benzene rings is 2. The highest BCUT2D eigenvalue weighted by atomic mass is 19.1. The first kappa shape index (κ1) is 33.3. The van der Waals surface area contributed by atoms with Crippen molar-refractivity contribution >= 4 is 17.5 Å². The number of piperidine rings is 1. The van der Waals surface area contributed by atoms with E-state index in [4.69, 9.17) is 18.9 Å². The van der Waals surface area contributed by atoms with Gasteiger partial charge in [0, 0.05) is 49.5 Å². The second-order valence-corrected chi connectivity index (χ2v) is 11.9. The quantitative estimate of drug-likeness (QED) is 0.260. The van der Waals surface area contributed by atoms with Crippen LogP contribution in [0.1, 0.15) is 48.1 Å². The van der Waals surface area contributed by atoms with Crippen molar-refractivity contribution in [1.29, 1.82) is 0 Å². The van der Waals surface area contributed by atoms with Crippen LogP contribution >= 0.6 is 0 Å². The van der Waals surface area contributed by atoms with E-state index < -0.39 is 17.6 Å². The highest BCUT2D eigenvalue weighted by molar-refractivity contribution is 6.39. The normalized spacial score (nSPS) is 19.6. The first-order chi connectivity index (χ1) is 22.3. The summed E-state index contributed by atoms with van der Waals surface area (Å²) in [7, 11) is 3.26. The van der Waals surface area contributed by atoms with Crippen LogP contribution in [0.25, 0.3) is 0 Å². The highest BCUT2D eigenvalue weighted by Gasteiger charge is 2.38. The Balaban J connectivity index is 1.19. The molecule has 0 spiro atoms. The third-order valence-electron chi connectivity index (χ3n) is 8.89. The van der Waals surface area contributed by atoms with Gasteiger partial charge in [-0.2, -0.15) is 0 Å². The highest BCUT2D eigenvalue weighted by Crippen LogP contribution is 2.40. The zero-order valence-electron chi connectivity index (χ0n) is 26.9. The summed E-state index contributed by atoms with van der Waals surface area (Å²) < 4.78 is 39.0. The van der Waals surface area contributed by atoms with Crippen LogP contribution in [0.3, 0.4) is 0 Å². The number of methoxy groups -OCH3 is 2. The minimum atomic E-state index is -0.899. The van der Waals surface area contributed by atoms with Gasteiger partial charge in [0.25, 0.3) is 0 Å². The molecular weight excluding hydrogens is 591 g/mol. The Morgan fingerprint density at radius 2 is 1.85 bits per heavy atom. The smallest absolute Gasteiger partial charge is 0.313 e. The molecule has 3 aromatic rings. The van der Waals surface area contributed by atoms with E-state index in [-0.39, 0.29) is 36.1 Å². The summed E-state index contributed by atoms with van der Waals surface area (Å²) in [4.78, 5) is 29.6. The molecule has 1 fully saturated rings. The summed E-state index contributed by atoms with van der Waals surface area (Å²) in [5.74, 6) is -0.755. The van der Waals surface area contributed by atoms with Crippen molar-refractivity contribution < 1.29 is 32.9 Å². The van der Waals surface area contributed by atoms with E-state index in [9.17, 15) is 9.59 Å². The lowest BCUT2D eigenvalue weighted by atomic mass is 9.82. The monoisotopic (exact) mass is 634 g/mol. The van der Waals surface area contributed by atoms with Gasteiger partial charge in [0.05, 0.1) is 31.6 Å². The number of fused-ring (bicyclic) bond motifs is 1. The average molecular weight is 635 g/mol. The minimum Gasteiger partial charge on any atom is -0.496 e. The summed E-state index contributed by atoms with van der Waals surface area (Å²) in [5.41, 5.74) is 3.80. The Hall–Kier alpha value is -4.06. The number of hydrogen-bond donors (Lipinski definition) is 3. The zero-order valence-corrected chi connectivity index (χ0v) is 26.9. The van der Waals surface area contributed by atoms with Crippen LogP contribution in [-0.4, -0.2) is 69.5 Å². The Morgan fingerprint density at radius 1 is 1.04 bits per heavy atom. The van der Waals surface area contributed by atoms with Crippen molar-refractivity contribution in [3.8, 4) is 17.2 Å². The molecule has 5 rings (SSSR count). The van der Waals surface area contributed by atoms with Gasteiger partial charge >= 0.3 is 11.8 Å². The van der Waals surface area contributed by atoms with Crippen LogP contribution in [0.5, 0.6) is 17.2 Å². The molecule has 3 unspecified atom stereocenters. The van der Waals surface area contributed by atoms with E-state index in [0.29, 0.717) is 31.1 Å². The predicted molar refractivity (Wildman–Crippen MR) is 172 cm³/mol. The molecule has 2 aliphatic rings. The maximum atomic E-state index is 15.2. The SMILES string of the molecule is COc1cccc(C)c1CCNC(=O)C(=O)Nc1ccc(Oc2ccnc3c2CC(OC)C(OCC2CCNCC2)C3C)c(F)c1. The van der Waals surface area contributed by atoms with Crippen LogP contribution in [-0.2, 0) is 31.9 Å². The van der Waals surface area contributed by atoms with Gasteiger partial charge in [0.15, 0.2) is 11.6 Å². The molecule has 46 heavy (non-hydrogen) atoms. The molecule has 2 heterocycles. The first-order valence-corrected chi connectivity index (χ1v) is 15.8. The van der Waals surface area contributed by atoms with Crippen molar-refractivity contribution in [3.05, 3.63) is 76.9 Å². The van der Waals surface area contributed by atoms with Gasteiger partial charge < -0.3 is 34.9 Å². The fourth-order valence-electron chi connectivity index (χ4n) is 6.28. The minimum absolute atomic E-state index is 0.0195. The second kappa shape index (κ2) is 15.5. The van der Waals surface area contributed by atoms with Crippen molar-refractivity contribution in [2.45, 2.75) is 57.7 Å². The van der Waals surface area contributed by atoms with Crippen LogP contribution in [0, 0.1) is 18.7 Å². The molecule has 0 saturated carbocycles. The number of carbonyl (C=O) groups excluding carboxylic acids is 2. The van der Waals surface area contributed by atoms with Crippen molar-refractivity contribution in [3.63, 3.8) is 0 Å². The van der Waals surface area contributed by atoms with E-state index >= 15 is 4.39 Å². The second-order valence-electron chi connectivity index (χ2n) is 11.9. The maximum absolute atomic E-state index is 15.2. The number of aromatic nitrogens is 1. The third kappa shape index (κ3) is 7.83. The van der Waals surface area contributed by atoms with Crippen LogP contribution in [0.4, 0.5) is 10.1 Å². The molecule has 1 aromatic heterocycles. The van der Waals surface area contributed by atoms with Gasteiger partial charge in [-0.05, 0) is 80.6 Å². The molecule has 11 heteroatoms. The van der Waals surface area contributed by atoms with Gasteiger partial charge in [-0.3, -0.25) is 14.6 Å². The van der Waals surface area contributed by atoms with Crippen molar-refractivity contribution in [2.75, 3.05) is 45.8 Å². The number of pyridine rings is 1. The number of amides is 2. The number of nitrogens with one attached hydrogen (secondary N) is 3. The summed E-state index contributed by atoms with van der Waals surface area (Å²) in [6.45, 7) is 6.96. The number of carbonyl (C=O) groups is 2. The molecule has 0 radical (unpaired) electrons. The van der Waals surface area contributed by atoms with E-state index in [0.717, 1.165) is 60.1 Å². The molecule has 3 N–H and O–H groups in total. The predicted octanol–water partition coefficient (Wildman–Crippen LogP) is 4.69.